The summed E-state index contributed by atoms with van der Waals surface area (Å²) in [5, 5.41) is 24.2. The lowest BCUT2D eigenvalue weighted by molar-refractivity contribution is -0.539. The highest BCUT2D eigenvalue weighted by molar-refractivity contribution is 5.66. The van der Waals surface area contributed by atoms with Crippen molar-refractivity contribution in [1.82, 2.24) is 9.46 Å². The van der Waals surface area contributed by atoms with E-state index in [2.05, 4.69) is 0 Å². The Labute approximate surface area is 111 Å². The number of benzene rings is 1. The van der Waals surface area contributed by atoms with Gasteiger partial charge < -0.3 is 10.4 Å². The minimum atomic E-state index is -0.517. The van der Waals surface area contributed by atoms with E-state index in [4.69, 9.17) is 0 Å². The van der Waals surface area contributed by atoms with Gasteiger partial charge in [0.1, 0.15) is 11.4 Å². The molecule has 2 aliphatic rings. The molecule has 0 fully saturated rings. The second kappa shape index (κ2) is 3.80. The van der Waals surface area contributed by atoms with Crippen LogP contribution in [0.25, 0.3) is 11.0 Å². The molecule has 2 heterocycles. The smallest absolute Gasteiger partial charge is 0.424 e. The fourth-order valence-electron chi connectivity index (χ4n) is 2.18. The molecular formula is C12H10N4O4. The summed E-state index contributed by atoms with van der Waals surface area (Å²) in [6, 6.07) is 5.98. The number of para-hydroxylation sites is 2. The fraction of sp³-hybridized carbons (Fsp3) is 0.167. The van der Waals surface area contributed by atoms with E-state index < -0.39 is 11.0 Å². The molecule has 0 radical (unpaired) electrons. The van der Waals surface area contributed by atoms with Crippen LogP contribution in [0.15, 0.2) is 24.3 Å². The van der Waals surface area contributed by atoms with Crippen molar-refractivity contribution in [3.63, 3.8) is 0 Å². The van der Waals surface area contributed by atoms with Crippen molar-refractivity contribution in [2.45, 2.75) is 13.8 Å². The Morgan fingerprint density at radius 2 is 1.20 bits per heavy atom. The van der Waals surface area contributed by atoms with Crippen LogP contribution in [0.5, 0.6) is 0 Å². The Hall–Kier alpha value is -2.90. The number of nitrogens with zero attached hydrogens (tertiary/aromatic N) is 4. The first-order valence-electron chi connectivity index (χ1n) is 5.85. The van der Waals surface area contributed by atoms with Crippen molar-refractivity contribution in [1.29, 1.82) is 0 Å². The minimum Gasteiger partial charge on any atom is -0.710 e. The molecule has 2 aliphatic heterocycles. The molecule has 20 heavy (non-hydrogen) atoms. The van der Waals surface area contributed by atoms with Crippen LogP contribution in [0.4, 0.5) is 0 Å². The van der Waals surface area contributed by atoms with Crippen LogP contribution >= 0.6 is 0 Å². The van der Waals surface area contributed by atoms with Crippen LogP contribution in [0, 0.1) is 45.0 Å². The number of fused-ring (bicyclic) bond motifs is 1. The third kappa shape index (κ3) is 1.30. The second-order valence-electron chi connectivity index (χ2n) is 4.48. The molecule has 102 valence electrons. The van der Waals surface area contributed by atoms with E-state index in [0.717, 1.165) is 0 Å². The number of hydrogen-bond donors (Lipinski definition) is 0. The highest BCUT2D eigenvalue weighted by atomic mass is 16.5. The molecule has 0 spiro atoms. The van der Waals surface area contributed by atoms with E-state index in [9.17, 15) is 20.2 Å². The zero-order chi connectivity index (χ0) is 14.6. The summed E-state index contributed by atoms with van der Waals surface area (Å²) in [7, 11) is 0. The monoisotopic (exact) mass is 274 g/mol. The van der Waals surface area contributed by atoms with Gasteiger partial charge in [0.25, 0.3) is 0 Å². The van der Waals surface area contributed by atoms with Crippen molar-refractivity contribution >= 4 is 11.0 Å². The topological polar surface area (TPSA) is 102 Å². The normalized spacial score (nSPS) is 11.3. The van der Waals surface area contributed by atoms with Crippen molar-refractivity contribution < 1.29 is 8.85 Å². The number of rotatable bonds is 0. The van der Waals surface area contributed by atoms with Gasteiger partial charge in [0.05, 0.1) is 0 Å². The Morgan fingerprint density at radius 3 is 1.55 bits per heavy atom. The summed E-state index contributed by atoms with van der Waals surface area (Å²) in [6.45, 7) is 2.83. The molecule has 0 amide bonds. The molecule has 0 N–H and O–H groups in total. The Kier molecular flexibility index (Phi) is 2.31. The van der Waals surface area contributed by atoms with Crippen LogP contribution in [-0.2, 0) is 0 Å². The van der Waals surface area contributed by atoms with E-state index in [0.29, 0.717) is 18.3 Å². The maximum absolute atomic E-state index is 12.3. The number of hydrogen-bond acceptors (Lipinski definition) is 4. The predicted octanol–water partition coefficient (Wildman–Crippen LogP) is 0.305. The number of aromatic nitrogens is 4. The van der Waals surface area contributed by atoms with Gasteiger partial charge in [0.2, 0.25) is 11.0 Å². The molecular weight excluding hydrogens is 264 g/mol. The summed E-state index contributed by atoms with van der Waals surface area (Å²) < 4.78 is 1.25. The molecule has 0 aromatic heterocycles. The van der Waals surface area contributed by atoms with Crippen molar-refractivity contribution in [3.8, 4) is 0 Å². The van der Waals surface area contributed by atoms with Gasteiger partial charge in [-0.1, -0.05) is 21.9 Å². The van der Waals surface area contributed by atoms with Crippen molar-refractivity contribution in [2.24, 2.45) is 0 Å². The quantitative estimate of drug-likeness (QED) is 0.550. The molecule has 0 aliphatic carbocycles. The van der Waals surface area contributed by atoms with Crippen molar-refractivity contribution in [3.05, 3.63) is 66.8 Å². The molecule has 0 saturated heterocycles. The van der Waals surface area contributed by atoms with Gasteiger partial charge in [-0.25, -0.2) is 9.46 Å². The standard InChI is InChI=1S/C12H10N4O4/c1-7-8(2)14(18)12-11(13(7)17)15(19)9-5-3-4-6-10(9)16(12)20/h3-6H,1-2H3. The van der Waals surface area contributed by atoms with E-state index in [-0.39, 0.29) is 22.4 Å². The van der Waals surface area contributed by atoms with Gasteiger partial charge in [-0.05, 0) is 12.1 Å². The predicted molar refractivity (Wildman–Crippen MR) is 69.0 cm³/mol. The largest absolute Gasteiger partial charge is 0.710 e. The lowest BCUT2D eigenvalue weighted by Crippen LogP contribution is -2.36. The Bertz CT molecular complexity index is 951. The van der Waals surface area contributed by atoms with Crippen molar-refractivity contribution in [2.75, 3.05) is 0 Å². The van der Waals surface area contributed by atoms with Gasteiger partial charge in [0.15, 0.2) is 0 Å². The lowest BCUT2D eigenvalue weighted by atomic mass is 10.3. The van der Waals surface area contributed by atoms with Crippen LogP contribution in [-0.4, -0.2) is 9.46 Å². The summed E-state index contributed by atoms with van der Waals surface area (Å²) >= 11 is 0. The maximum Gasteiger partial charge on any atom is 0.424 e. The Balaban J connectivity index is 2.91. The first-order valence-corrected chi connectivity index (χ1v) is 5.85. The zero-order valence-electron chi connectivity index (χ0n) is 10.7. The molecule has 0 unspecified atom stereocenters. The van der Waals surface area contributed by atoms with Gasteiger partial charge >= 0.3 is 11.0 Å². The van der Waals surface area contributed by atoms with E-state index >= 15 is 0 Å². The summed E-state index contributed by atoms with van der Waals surface area (Å²) in [6.07, 6.45) is 0. The van der Waals surface area contributed by atoms with Crippen LogP contribution < -0.4 is 8.85 Å². The van der Waals surface area contributed by atoms with Gasteiger partial charge in [0, 0.05) is 22.7 Å². The highest BCUT2D eigenvalue weighted by Crippen LogP contribution is 2.08. The average molecular weight is 274 g/mol. The lowest BCUT2D eigenvalue weighted by Gasteiger charge is -2.12. The Morgan fingerprint density at radius 1 is 0.850 bits per heavy atom. The highest BCUT2D eigenvalue weighted by Gasteiger charge is 2.24. The molecule has 0 bridgehead atoms. The molecule has 0 saturated carbocycles. The first-order chi connectivity index (χ1) is 9.45. The third-order valence-corrected chi connectivity index (χ3v) is 3.42. The summed E-state index contributed by atoms with van der Waals surface area (Å²) in [5.41, 5.74) is -0.820. The van der Waals surface area contributed by atoms with Gasteiger partial charge in [-0.3, -0.25) is 0 Å². The third-order valence-electron chi connectivity index (χ3n) is 3.42. The maximum atomic E-state index is 12.3. The first kappa shape index (κ1) is 12.2. The van der Waals surface area contributed by atoms with Gasteiger partial charge in [-0.2, -0.15) is 0 Å². The van der Waals surface area contributed by atoms with Crippen LogP contribution in [0.2, 0.25) is 0 Å². The molecule has 8 nitrogen and oxygen atoms in total. The van der Waals surface area contributed by atoms with Gasteiger partial charge in [-0.15, -0.1) is 0 Å². The fourth-order valence-corrected chi connectivity index (χ4v) is 2.18. The second-order valence-corrected chi connectivity index (χ2v) is 4.48. The SMILES string of the molecule is Cc1c(C)n([O-])c2[n+](=O)c3ccccc3[n+](=O)c=2n1[O-]. The summed E-state index contributed by atoms with van der Waals surface area (Å²) in [5.74, 6) is 0. The van der Waals surface area contributed by atoms with E-state index in [1.165, 1.54) is 26.0 Å². The average Bonchev–Trinajstić information content (AvgIpc) is 2.46. The summed E-state index contributed by atoms with van der Waals surface area (Å²) in [4.78, 5) is 24.5. The molecule has 0 atom stereocenters. The van der Waals surface area contributed by atoms with E-state index in [1.54, 1.807) is 12.1 Å². The molecule has 8 heteroatoms. The van der Waals surface area contributed by atoms with E-state index in [1.807, 2.05) is 0 Å². The van der Waals surface area contributed by atoms with Crippen LogP contribution in [0.3, 0.4) is 0 Å². The molecule has 1 aromatic rings. The molecule has 3 rings (SSSR count). The van der Waals surface area contributed by atoms with Crippen LogP contribution in [0.1, 0.15) is 11.4 Å². The molecule has 1 aromatic carbocycles. The minimum absolute atomic E-state index is 0.0304. The zero-order valence-corrected chi connectivity index (χ0v) is 10.7.